The predicted octanol–water partition coefficient (Wildman–Crippen LogP) is 2.70. The van der Waals surface area contributed by atoms with Gasteiger partial charge >= 0.3 is 0 Å². The van der Waals surface area contributed by atoms with E-state index in [0.29, 0.717) is 13.2 Å². The lowest BCUT2D eigenvalue weighted by Gasteiger charge is -2.30. The maximum atomic E-state index is 13.9. The number of rotatable bonds is 5. The summed E-state index contributed by atoms with van der Waals surface area (Å²) in [4.78, 5) is 1.58. The van der Waals surface area contributed by atoms with E-state index in [1.807, 2.05) is 13.8 Å². The molecule has 1 unspecified atom stereocenters. The molecule has 0 saturated carbocycles. The average molecular weight is 254 g/mol. The molecule has 1 atom stereocenters. The molecule has 5 heteroatoms. The Morgan fingerprint density at radius 1 is 1.39 bits per heavy atom. The topological polar surface area (TPSA) is 36.3 Å². The molecule has 0 aliphatic rings. The maximum Gasteiger partial charge on any atom is 0.150 e. The molecular formula is C13H16F2N2O. The number of hydrogen-bond donors (Lipinski definition) is 0. The fourth-order valence-corrected chi connectivity index (χ4v) is 1.93. The minimum absolute atomic E-state index is 0.0239. The van der Waals surface area contributed by atoms with Gasteiger partial charge in [0, 0.05) is 19.7 Å². The second-order valence-corrected chi connectivity index (χ2v) is 3.99. The van der Waals surface area contributed by atoms with Gasteiger partial charge < -0.3 is 9.64 Å². The Hall–Kier alpha value is -1.67. The van der Waals surface area contributed by atoms with Gasteiger partial charge in [0.25, 0.3) is 0 Å². The number of likely N-dealkylation sites (N-methyl/N-ethyl adjacent to an activating group) is 1. The van der Waals surface area contributed by atoms with E-state index in [1.54, 1.807) is 11.0 Å². The Labute approximate surface area is 106 Å². The second kappa shape index (κ2) is 6.31. The molecule has 0 amide bonds. The van der Waals surface area contributed by atoms with Gasteiger partial charge in [-0.05, 0) is 26.0 Å². The van der Waals surface area contributed by atoms with E-state index >= 15 is 0 Å². The standard InChI is InChI=1S/C13H16F2N2O/c1-4-17(9(2)8-18-3)13-11(14)5-10(7-16)6-12(13)15/h5-6,9H,4,8H2,1-3H3. The number of anilines is 1. The molecule has 1 aromatic rings. The minimum atomic E-state index is -0.726. The molecule has 0 N–H and O–H groups in total. The molecule has 0 spiro atoms. The lowest BCUT2D eigenvalue weighted by atomic mass is 10.1. The van der Waals surface area contributed by atoms with Gasteiger partial charge in [0.2, 0.25) is 0 Å². The highest BCUT2D eigenvalue weighted by atomic mass is 19.1. The Bertz CT molecular complexity index is 434. The normalized spacial score (nSPS) is 12.0. The van der Waals surface area contributed by atoms with Crippen molar-refractivity contribution in [1.29, 1.82) is 5.26 Å². The summed E-state index contributed by atoms with van der Waals surface area (Å²) < 4.78 is 32.7. The lowest BCUT2D eigenvalue weighted by molar-refractivity contribution is 0.181. The monoisotopic (exact) mass is 254 g/mol. The first-order chi connectivity index (χ1) is 8.54. The van der Waals surface area contributed by atoms with Crippen LogP contribution in [0, 0.1) is 23.0 Å². The number of methoxy groups -OCH3 is 1. The molecule has 0 aliphatic carbocycles. The summed E-state index contributed by atoms with van der Waals surface area (Å²) in [7, 11) is 1.54. The Morgan fingerprint density at radius 3 is 2.33 bits per heavy atom. The van der Waals surface area contributed by atoms with E-state index in [2.05, 4.69) is 0 Å². The summed E-state index contributed by atoms with van der Waals surface area (Å²) in [6.07, 6.45) is 0. The third-order valence-electron chi connectivity index (χ3n) is 2.71. The number of benzene rings is 1. The van der Waals surface area contributed by atoms with Gasteiger partial charge in [0.15, 0.2) is 11.6 Å². The molecule has 0 aromatic heterocycles. The van der Waals surface area contributed by atoms with Crippen molar-refractivity contribution in [1.82, 2.24) is 0 Å². The van der Waals surface area contributed by atoms with E-state index in [4.69, 9.17) is 10.00 Å². The van der Waals surface area contributed by atoms with Crippen molar-refractivity contribution < 1.29 is 13.5 Å². The largest absolute Gasteiger partial charge is 0.383 e. The highest BCUT2D eigenvalue weighted by Gasteiger charge is 2.21. The van der Waals surface area contributed by atoms with Gasteiger partial charge in [-0.3, -0.25) is 0 Å². The van der Waals surface area contributed by atoms with Crippen molar-refractivity contribution in [3.63, 3.8) is 0 Å². The van der Waals surface area contributed by atoms with E-state index in [1.165, 1.54) is 7.11 Å². The molecule has 98 valence electrons. The SMILES string of the molecule is CCN(c1c(F)cc(C#N)cc1F)C(C)COC. The molecule has 18 heavy (non-hydrogen) atoms. The predicted molar refractivity (Wildman–Crippen MR) is 65.4 cm³/mol. The summed E-state index contributed by atoms with van der Waals surface area (Å²) in [6, 6.07) is 3.65. The Morgan fingerprint density at radius 2 is 1.94 bits per heavy atom. The molecule has 1 aromatic carbocycles. The third-order valence-corrected chi connectivity index (χ3v) is 2.71. The highest BCUT2D eigenvalue weighted by Crippen LogP contribution is 2.26. The lowest BCUT2D eigenvalue weighted by Crippen LogP contribution is -2.37. The summed E-state index contributed by atoms with van der Waals surface area (Å²) in [5.74, 6) is -1.45. The van der Waals surface area contributed by atoms with E-state index in [-0.39, 0.29) is 17.3 Å². The van der Waals surface area contributed by atoms with Crippen LogP contribution in [0.4, 0.5) is 14.5 Å². The van der Waals surface area contributed by atoms with E-state index in [9.17, 15) is 8.78 Å². The molecule has 0 saturated heterocycles. The average Bonchev–Trinajstić information content (AvgIpc) is 2.33. The van der Waals surface area contributed by atoms with Crippen LogP contribution in [0.2, 0.25) is 0 Å². The fraction of sp³-hybridized carbons (Fsp3) is 0.462. The van der Waals surface area contributed by atoms with Crippen LogP contribution >= 0.6 is 0 Å². The van der Waals surface area contributed by atoms with E-state index < -0.39 is 11.6 Å². The maximum absolute atomic E-state index is 13.9. The minimum Gasteiger partial charge on any atom is -0.383 e. The van der Waals surface area contributed by atoms with Gasteiger partial charge in [-0.15, -0.1) is 0 Å². The van der Waals surface area contributed by atoms with Crippen LogP contribution in [0.5, 0.6) is 0 Å². The van der Waals surface area contributed by atoms with Gasteiger partial charge in [-0.2, -0.15) is 5.26 Å². The van der Waals surface area contributed by atoms with Crippen LogP contribution in [0.15, 0.2) is 12.1 Å². The van der Waals surface area contributed by atoms with Crippen LogP contribution in [0.1, 0.15) is 19.4 Å². The number of ether oxygens (including phenoxy) is 1. The fourth-order valence-electron chi connectivity index (χ4n) is 1.93. The van der Waals surface area contributed by atoms with Crippen LogP contribution in [0.3, 0.4) is 0 Å². The molecule has 0 heterocycles. The number of hydrogen-bond acceptors (Lipinski definition) is 3. The van der Waals surface area contributed by atoms with Crippen molar-refractivity contribution in [3.05, 3.63) is 29.3 Å². The number of halogens is 2. The second-order valence-electron chi connectivity index (χ2n) is 3.99. The van der Waals surface area contributed by atoms with Crippen LogP contribution < -0.4 is 4.90 Å². The number of nitriles is 1. The first-order valence-corrected chi connectivity index (χ1v) is 5.69. The molecular weight excluding hydrogens is 238 g/mol. The van der Waals surface area contributed by atoms with Crippen LogP contribution in [-0.2, 0) is 4.74 Å². The first kappa shape index (κ1) is 14.4. The summed E-state index contributed by atoms with van der Waals surface area (Å²) in [6.45, 7) is 4.45. The molecule has 1 rings (SSSR count). The smallest absolute Gasteiger partial charge is 0.150 e. The zero-order chi connectivity index (χ0) is 13.7. The van der Waals surface area contributed by atoms with Crippen molar-refractivity contribution in [2.24, 2.45) is 0 Å². The number of nitrogens with zero attached hydrogens (tertiary/aromatic N) is 2. The highest BCUT2D eigenvalue weighted by molar-refractivity contribution is 5.53. The zero-order valence-electron chi connectivity index (χ0n) is 10.7. The Balaban J connectivity index is 3.18. The van der Waals surface area contributed by atoms with Crippen LogP contribution in [0.25, 0.3) is 0 Å². The van der Waals surface area contributed by atoms with Gasteiger partial charge in [0.1, 0.15) is 5.69 Å². The van der Waals surface area contributed by atoms with Crippen molar-refractivity contribution in [2.45, 2.75) is 19.9 Å². The van der Waals surface area contributed by atoms with Crippen molar-refractivity contribution in [3.8, 4) is 6.07 Å². The Kier molecular flexibility index (Phi) is 5.05. The molecule has 3 nitrogen and oxygen atoms in total. The molecule has 0 bridgehead atoms. The van der Waals surface area contributed by atoms with Crippen molar-refractivity contribution in [2.75, 3.05) is 25.2 Å². The quantitative estimate of drug-likeness (QED) is 0.810. The van der Waals surface area contributed by atoms with Crippen molar-refractivity contribution >= 4 is 5.69 Å². The van der Waals surface area contributed by atoms with Gasteiger partial charge in [-0.1, -0.05) is 0 Å². The summed E-state index contributed by atoms with van der Waals surface area (Å²) in [5.41, 5.74) is -0.134. The first-order valence-electron chi connectivity index (χ1n) is 5.69. The third kappa shape index (κ3) is 2.96. The van der Waals surface area contributed by atoms with Gasteiger partial charge in [0.05, 0.1) is 18.2 Å². The molecule has 0 fully saturated rings. The summed E-state index contributed by atoms with van der Waals surface area (Å²) >= 11 is 0. The van der Waals surface area contributed by atoms with Crippen LogP contribution in [-0.4, -0.2) is 26.3 Å². The molecule has 0 aliphatic heterocycles. The zero-order valence-corrected chi connectivity index (χ0v) is 10.7. The summed E-state index contributed by atoms with van der Waals surface area (Å²) in [5, 5.41) is 8.65. The molecule has 0 radical (unpaired) electrons. The van der Waals surface area contributed by atoms with E-state index in [0.717, 1.165) is 12.1 Å². The van der Waals surface area contributed by atoms with Gasteiger partial charge in [-0.25, -0.2) is 8.78 Å².